The second-order valence-corrected chi connectivity index (χ2v) is 4.41. The summed E-state index contributed by atoms with van der Waals surface area (Å²) in [6, 6.07) is 4.18. The molecule has 110 valence electrons. The van der Waals surface area contributed by atoms with E-state index in [1.807, 2.05) is 0 Å². The molecule has 0 aliphatic heterocycles. The number of carbonyl (C=O) groups is 2. The summed E-state index contributed by atoms with van der Waals surface area (Å²) in [6.07, 6.45) is 0. The predicted octanol–water partition coefficient (Wildman–Crippen LogP) is 1.46. The first-order valence-electron chi connectivity index (χ1n) is 5.65. The maximum Gasteiger partial charge on any atom is 0.358 e. The van der Waals surface area contributed by atoms with Gasteiger partial charge in [-0.2, -0.15) is 0 Å². The Kier molecular flexibility index (Phi) is 4.20. The molecule has 2 rings (SSSR count). The molecule has 1 aromatic heterocycles. The Morgan fingerprint density at radius 3 is 2.62 bits per heavy atom. The van der Waals surface area contributed by atoms with Gasteiger partial charge >= 0.3 is 11.9 Å². The van der Waals surface area contributed by atoms with Crippen LogP contribution in [-0.4, -0.2) is 44.3 Å². The van der Waals surface area contributed by atoms with Crippen LogP contribution >= 0.6 is 11.6 Å². The molecular weight excluding hydrogens is 302 g/mol. The second-order valence-electron chi connectivity index (χ2n) is 4.00. The highest BCUT2D eigenvalue weighted by Crippen LogP contribution is 2.21. The van der Waals surface area contributed by atoms with Crippen molar-refractivity contribution in [2.45, 2.75) is 6.61 Å². The van der Waals surface area contributed by atoms with Crippen LogP contribution in [-0.2, 0) is 11.3 Å². The van der Waals surface area contributed by atoms with Gasteiger partial charge in [0.25, 0.3) is 0 Å². The van der Waals surface area contributed by atoms with Crippen molar-refractivity contribution in [1.82, 2.24) is 15.0 Å². The first kappa shape index (κ1) is 14.9. The second kappa shape index (κ2) is 5.90. The molecule has 0 aliphatic carbocycles. The summed E-state index contributed by atoms with van der Waals surface area (Å²) in [5.74, 6) is -2.45. The molecule has 0 saturated carbocycles. The van der Waals surface area contributed by atoms with Gasteiger partial charge in [-0.15, -0.1) is 5.10 Å². The lowest BCUT2D eigenvalue weighted by Crippen LogP contribution is -2.09. The quantitative estimate of drug-likeness (QED) is 0.859. The lowest BCUT2D eigenvalue weighted by molar-refractivity contribution is 0.0678. The molecule has 0 unspecified atom stereocenters. The fourth-order valence-corrected chi connectivity index (χ4v) is 1.95. The van der Waals surface area contributed by atoms with Gasteiger partial charge in [0.2, 0.25) is 0 Å². The lowest BCUT2D eigenvalue weighted by atomic mass is 10.2. The molecule has 1 aromatic carbocycles. The number of hydrogen-bond donors (Lipinski definition) is 2. The standard InChI is InChI=1S/C12H10ClN3O5/c1-21-5-9-10(12(19)20)14-15-16(9)6-2-3-8(13)7(4-6)11(17)18/h2-4H,5H2,1H3,(H,17,18)(H,19,20). The van der Waals surface area contributed by atoms with Gasteiger partial charge in [-0.05, 0) is 18.2 Å². The molecule has 8 nitrogen and oxygen atoms in total. The lowest BCUT2D eigenvalue weighted by Gasteiger charge is -2.08. The van der Waals surface area contributed by atoms with E-state index in [9.17, 15) is 9.59 Å². The van der Waals surface area contributed by atoms with E-state index in [0.29, 0.717) is 5.69 Å². The third-order valence-corrected chi connectivity index (χ3v) is 3.00. The Labute approximate surface area is 123 Å². The van der Waals surface area contributed by atoms with E-state index in [0.717, 1.165) is 0 Å². The highest BCUT2D eigenvalue weighted by Gasteiger charge is 2.21. The number of hydrogen-bond acceptors (Lipinski definition) is 5. The number of carboxylic acids is 2. The van der Waals surface area contributed by atoms with Crippen LogP contribution in [0.1, 0.15) is 26.5 Å². The van der Waals surface area contributed by atoms with E-state index in [-0.39, 0.29) is 28.6 Å². The number of carboxylic acid groups (broad SMARTS) is 2. The van der Waals surface area contributed by atoms with Crippen LogP contribution in [0.4, 0.5) is 0 Å². The molecule has 0 bridgehead atoms. The molecule has 0 spiro atoms. The SMILES string of the molecule is COCc1c(C(=O)O)nnn1-c1ccc(Cl)c(C(=O)O)c1. The first-order valence-corrected chi connectivity index (χ1v) is 6.03. The van der Waals surface area contributed by atoms with Gasteiger partial charge in [0.05, 0.1) is 22.9 Å². The fraction of sp³-hybridized carbons (Fsp3) is 0.167. The number of aromatic carboxylic acids is 2. The van der Waals surface area contributed by atoms with Gasteiger partial charge in [-0.1, -0.05) is 16.8 Å². The third-order valence-electron chi connectivity index (χ3n) is 2.67. The molecular formula is C12H10ClN3O5. The fourth-order valence-electron chi connectivity index (χ4n) is 1.75. The van der Waals surface area contributed by atoms with Crippen LogP contribution in [0.2, 0.25) is 5.02 Å². The Hall–Kier alpha value is -2.45. The highest BCUT2D eigenvalue weighted by atomic mass is 35.5. The summed E-state index contributed by atoms with van der Waals surface area (Å²) in [4.78, 5) is 22.2. The van der Waals surface area contributed by atoms with Crippen LogP contribution in [0.3, 0.4) is 0 Å². The van der Waals surface area contributed by atoms with E-state index < -0.39 is 11.9 Å². The summed E-state index contributed by atoms with van der Waals surface area (Å²) in [5, 5.41) is 25.5. The third kappa shape index (κ3) is 2.86. The van der Waals surface area contributed by atoms with Crippen molar-refractivity contribution in [3.05, 3.63) is 40.2 Å². The monoisotopic (exact) mass is 311 g/mol. The minimum atomic E-state index is -1.25. The van der Waals surface area contributed by atoms with E-state index in [2.05, 4.69) is 10.3 Å². The number of aromatic nitrogens is 3. The van der Waals surface area contributed by atoms with E-state index >= 15 is 0 Å². The summed E-state index contributed by atoms with van der Waals surface area (Å²) >= 11 is 5.79. The minimum Gasteiger partial charge on any atom is -0.478 e. The van der Waals surface area contributed by atoms with Crippen molar-refractivity contribution in [3.8, 4) is 5.69 Å². The molecule has 0 aliphatic rings. The Balaban J connectivity index is 2.59. The van der Waals surface area contributed by atoms with Crippen molar-refractivity contribution < 1.29 is 24.5 Å². The maximum atomic E-state index is 11.1. The van der Waals surface area contributed by atoms with Gasteiger partial charge in [-0.3, -0.25) is 0 Å². The molecule has 0 radical (unpaired) electrons. The molecule has 0 atom stereocenters. The average Bonchev–Trinajstić information content (AvgIpc) is 2.83. The predicted molar refractivity (Wildman–Crippen MR) is 71.0 cm³/mol. The van der Waals surface area contributed by atoms with Crippen LogP contribution in [0, 0.1) is 0 Å². The largest absolute Gasteiger partial charge is 0.478 e. The number of benzene rings is 1. The van der Waals surface area contributed by atoms with Crippen LogP contribution in [0.5, 0.6) is 0 Å². The van der Waals surface area contributed by atoms with Gasteiger partial charge in [-0.25, -0.2) is 14.3 Å². The minimum absolute atomic E-state index is 0.0420. The number of nitrogens with zero attached hydrogens (tertiary/aromatic N) is 3. The zero-order valence-corrected chi connectivity index (χ0v) is 11.5. The molecule has 2 aromatic rings. The average molecular weight is 312 g/mol. The zero-order valence-electron chi connectivity index (χ0n) is 10.8. The van der Waals surface area contributed by atoms with Gasteiger partial charge in [0, 0.05) is 7.11 Å². The normalized spacial score (nSPS) is 10.6. The van der Waals surface area contributed by atoms with Crippen LogP contribution in [0.25, 0.3) is 5.69 Å². The molecule has 21 heavy (non-hydrogen) atoms. The number of rotatable bonds is 5. The van der Waals surface area contributed by atoms with Crippen molar-refractivity contribution in [1.29, 1.82) is 0 Å². The smallest absolute Gasteiger partial charge is 0.358 e. The van der Waals surface area contributed by atoms with Crippen molar-refractivity contribution in [2.75, 3.05) is 7.11 Å². The van der Waals surface area contributed by atoms with Gasteiger partial charge in [0.1, 0.15) is 5.69 Å². The van der Waals surface area contributed by atoms with Gasteiger partial charge in [0.15, 0.2) is 5.69 Å². The Morgan fingerprint density at radius 1 is 1.33 bits per heavy atom. The van der Waals surface area contributed by atoms with Crippen molar-refractivity contribution in [2.24, 2.45) is 0 Å². The molecule has 0 amide bonds. The summed E-state index contributed by atoms with van der Waals surface area (Å²) in [7, 11) is 1.40. The van der Waals surface area contributed by atoms with Crippen molar-refractivity contribution in [3.63, 3.8) is 0 Å². The van der Waals surface area contributed by atoms with E-state index in [4.69, 9.17) is 26.6 Å². The van der Waals surface area contributed by atoms with E-state index in [1.54, 1.807) is 0 Å². The zero-order chi connectivity index (χ0) is 15.6. The Bertz CT molecular complexity index is 713. The molecule has 1 heterocycles. The molecule has 2 N–H and O–H groups in total. The molecule has 0 fully saturated rings. The van der Waals surface area contributed by atoms with E-state index in [1.165, 1.54) is 30.0 Å². The maximum absolute atomic E-state index is 11.1. The summed E-state index contributed by atoms with van der Waals surface area (Å²) < 4.78 is 6.14. The first-order chi connectivity index (χ1) is 9.95. The van der Waals surface area contributed by atoms with Gasteiger partial charge < -0.3 is 14.9 Å². The van der Waals surface area contributed by atoms with Crippen molar-refractivity contribution >= 4 is 23.5 Å². The molecule has 0 saturated heterocycles. The van der Waals surface area contributed by atoms with Crippen LogP contribution in [0.15, 0.2) is 18.2 Å². The number of halogens is 1. The summed E-state index contributed by atoms with van der Waals surface area (Å²) in [5.41, 5.74) is 0.140. The topological polar surface area (TPSA) is 115 Å². The van der Waals surface area contributed by atoms with Crippen LogP contribution < -0.4 is 0 Å². The highest BCUT2D eigenvalue weighted by molar-refractivity contribution is 6.33. The number of methoxy groups -OCH3 is 1. The molecule has 9 heteroatoms. The number of ether oxygens (including phenoxy) is 1. The Morgan fingerprint density at radius 2 is 2.05 bits per heavy atom. The summed E-state index contributed by atoms with van der Waals surface area (Å²) in [6.45, 7) is -0.0420.